The van der Waals surface area contributed by atoms with E-state index in [-0.39, 0.29) is 5.88 Å². The number of rotatable bonds is 2. The Morgan fingerprint density at radius 2 is 2.50 bits per heavy atom. The number of halogens is 2. The van der Waals surface area contributed by atoms with Gasteiger partial charge in [0, 0.05) is 0 Å². The third-order valence-electron chi connectivity index (χ3n) is 0.403. The second-order valence-corrected chi connectivity index (χ2v) is 1.21. The van der Waals surface area contributed by atoms with E-state index in [1.807, 2.05) is 0 Å². The van der Waals surface area contributed by atoms with Gasteiger partial charge in [0.2, 0.25) is 0 Å². The third-order valence-corrected chi connectivity index (χ3v) is 0.698. The monoisotopic (exact) mass is 108 g/mol. The smallest absolute Gasteiger partial charge is 0.131 e. The highest BCUT2D eigenvalue weighted by Gasteiger charge is 1.91. The van der Waals surface area contributed by atoms with Gasteiger partial charge in [-0.05, 0) is 0 Å². The standard InChI is InChI=1S/C4H6ClF/c1-2-4(6)3-5/h2,4H,1,3H2. The van der Waals surface area contributed by atoms with Gasteiger partial charge in [-0.1, -0.05) is 6.08 Å². The van der Waals surface area contributed by atoms with E-state index in [0.717, 1.165) is 0 Å². The number of alkyl halides is 2. The fourth-order valence-electron chi connectivity index (χ4n) is 0.0630. The first kappa shape index (κ1) is 5.96. The molecule has 0 bridgehead atoms. The Balaban J connectivity index is 2.96. The highest BCUT2D eigenvalue weighted by Crippen LogP contribution is 1.92. The van der Waals surface area contributed by atoms with Crippen molar-refractivity contribution in [2.75, 3.05) is 5.88 Å². The molecule has 1 atom stereocenters. The summed E-state index contributed by atoms with van der Waals surface area (Å²) in [5, 5.41) is 0. The summed E-state index contributed by atoms with van der Waals surface area (Å²) in [5.41, 5.74) is 0. The number of allylic oxidation sites excluding steroid dienone is 1. The quantitative estimate of drug-likeness (QED) is 0.374. The molecule has 2 heteroatoms. The summed E-state index contributed by atoms with van der Waals surface area (Å²) in [7, 11) is 0. The van der Waals surface area contributed by atoms with Crippen molar-refractivity contribution in [1.82, 2.24) is 0 Å². The molecular formula is C4H6ClF. The predicted molar refractivity (Wildman–Crippen MR) is 25.8 cm³/mol. The SMILES string of the molecule is C=CC(F)CCl. The van der Waals surface area contributed by atoms with Crippen LogP contribution >= 0.6 is 11.6 Å². The zero-order chi connectivity index (χ0) is 4.99. The van der Waals surface area contributed by atoms with Gasteiger partial charge in [-0.25, -0.2) is 4.39 Å². The van der Waals surface area contributed by atoms with Crippen LogP contribution in [0.25, 0.3) is 0 Å². The fraction of sp³-hybridized carbons (Fsp3) is 0.500. The van der Waals surface area contributed by atoms with Gasteiger partial charge in [0.1, 0.15) is 6.17 Å². The zero-order valence-corrected chi connectivity index (χ0v) is 4.08. The predicted octanol–water partition coefficient (Wildman–Crippen LogP) is 1.75. The summed E-state index contributed by atoms with van der Waals surface area (Å²) in [6, 6.07) is 0. The molecule has 1 unspecified atom stereocenters. The molecule has 0 aromatic carbocycles. The minimum atomic E-state index is -1.04. The van der Waals surface area contributed by atoms with Gasteiger partial charge >= 0.3 is 0 Å². The van der Waals surface area contributed by atoms with Gasteiger partial charge < -0.3 is 0 Å². The van der Waals surface area contributed by atoms with E-state index in [9.17, 15) is 4.39 Å². The van der Waals surface area contributed by atoms with Crippen LogP contribution in [-0.4, -0.2) is 12.1 Å². The molecule has 0 aliphatic rings. The van der Waals surface area contributed by atoms with Crippen LogP contribution in [0.1, 0.15) is 0 Å². The molecule has 0 N–H and O–H groups in total. The zero-order valence-electron chi connectivity index (χ0n) is 3.32. The lowest BCUT2D eigenvalue weighted by Crippen LogP contribution is -1.92. The van der Waals surface area contributed by atoms with E-state index < -0.39 is 6.17 Å². The Labute approximate surface area is 41.6 Å². The molecule has 0 aliphatic carbocycles. The summed E-state index contributed by atoms with van der Waals surface area (Å²) in [6.45, 7) is 3.17. The van der Waals surface area contributed by atoms with Crippen LogP contribution in [0.4, 0.5) is 4.39 Å². The lowest BCUT2D eigenvalue weighted by atomic mass is 10.4. The molecule has 0 rings (SSSR count). The van der Waals surface area contributed by atoms with Crippen LogP contribution in [-0.2, 0) is 0 Å². The lowest BCUT2D eigenvalue weighted by molar-refractivity contribution is 0.435. The van der Waals surface area contributed by atoms with Crippen LogP contribution in [0.2, 0.25) is 0 Å². The van der Waals surface area contributed by atoms with E-state index in [2.05, 4.69) is 6.58 Å². The molecule has 0 heterocycles. The molecule has 0 amide bonds. The van der Waals surface area contributed by atoms with Crippen LogP contribution in [0.5, 0.6) is 0 Å². The van der Waals surface area contributed by atoms with Gasteiger partial charge in [-0.3, -0.25) is 0 Å². The Morgan fingerprint density at radius 3 is 2.50 bits per heavy atom. The van der Waals surface area contributed by atoms with Crippen molar-refractivity contribution >= 4 is 11.6 Å². The van der Waals surface area contributed by atoms with Crippen LogP contribution in [0, 0.1) is 0 Å². The fourth-order valence-corrected chi connectivity index (χ4v) is 0.189. The molecule has 0 saturated heterocycles. The first-order valence-electron chi connectivity index (χ1n) is 1.64. The van der Waals surface area contributed by atoms with Crippen molar-refractivity contribution in [2.45, 2.75) is 6.17 Å². The lowest BCUT2D eigenvalue weighted by Gasteiger charge is -1.87. The summed E-state index contributed by atoms with van der Waals surface area (Å²) < 4.78 is 11.6. The van der Waals surface area contributed by atoms with Crippen molar-refractivity contribution in [2.24, 2.45) is 0 Å². The molecular weight excluding hydrogens is 102 g/mol. The second kappa shape index (κ2) is 3.16. The Morgan fingerprint density at radius 1 is 2.00 bits per heavy atom. The van der Waals surface area contributed by atoms with E-state index in [1.54, 1.807) is 0 Å². The molecule has 36 valence electrons. The van der Waals surface area contributed by atoms with Crippen LogP contribution in [0.15, 0.2) is 12.7 Å². The maximum Gasteiger partial charge on any atom is 0.131 e. The van der Waals surface area contributed by atoms with Crippen molar-refractivity contribution in [3.63, 3.8) is 0 Å². The molecule has 0 spiro atoms. The largest absolute Gasteiger partial charge is 0.242 e. The highest BCUT2D eigenvalue weighted by molar-refractivity contribution is 6.18. The maximum absolute atomic E-state index is 11.6. The molecule has 0 aromatic heterocycles. The molecule has 0 saturated carbocycles. The normalized spacial score (nSPS) is 13.7. The number of hydrogen-bond donors (Lipinski definition) is 0. The van der Waals surface area contributed by atoms with E-state index in [1.165, 1.54) is 6.08 Å². The average molecular weight is 109 g/mol. The van der Waals surface area contributed by atoms with Crippen molar-refractivity contribution < 1.29 is 4.39 Å². The molecule has 0 aliphatic heterocycles. The Bertz CT molecular complexity index is 44.8. The van der Waals surface area contributed by atoms with E-state index >= 15 is 0 Å². The Kier molecular flexibility index (Phi) is 3.14. The Hall–Kier alpha value is -0.0400. The van der Waals surface area contributed by atoms with E-state index in [4.69, 9.17) is 11.6 Å². The minimum absolute atomic E-state index is 0.0174. The van der Waals surface area contributed by atoms with Gasteiger partial charge in [-0.15, -0.1) is 18.2 Å². The molecule has 0 fully saturated rings. The summed E-state index contributed by atoms with van der Waals surface area (Å²) in [5.74, 6) is 0.0174. The molecule has 6 heavy (non-hydrogen) atoms. The summed E-state index contributed by atoms with van der Waals surface area (Å²) in [6.07, 6.45) is 0.138. The first-order chi connectivity index (χ1) is 2.81. The molecule has 0 radical (unpaired) electrons. The van der Waals surface area contributed by atoms with Gasteiger partial charge in [-0.2, -0.15) is 0 Å². The van der Waals surface area contributed by atoms with Gasteiger partial charge in [0.05, 0.1) is 5.88 Å². The molecule has 0 aromatic rings. The van der Waals surface area contributed by atoms with Crippen molar-refractivity contribution in [1.29, 1.82) is 0 Å². The van der Waals surface area contributed by atoms with Crippen LogP contribution < -0.4 is 0 Å². The summed E-state index contributed by atoms with van der Waals surface area (Å²) in [4.78, 5) is 0. The second-order valence-electron chi connectivity index (χ2n) is 0.906. The molecule has 0 nitrogen and oxygen atoms in total. The minimum Gasteiger partial charge on any atom is -0.242 e. The highest BCUT2D eigenvalue weighted by atomic mass is 35.5. The summed E-state index contributed by atoms with van der Waals surface area (Å²) >= 11 is 5.01. The third kappa shape index (κ3) is 2.21. The maximum atomic E-state index is 11.6. The van der Waals surface area contributed by atoms with Crippen molar-refractivity contribution in [3.05, 3.63) is 12.7 Å². The van der Waals surface area contributed by atoms with Gasteiger partial charge in [0.15, 0.2) is 0 Å². The topological polar surface area (TPSA) is 0 Å². The average Bonchev–Trinajstić information content (AvgIpc) is 1.65. The van der Waals surface area contributed by atoms with Crippen LogP contribution in [0.3, 0.4) is 0 Å². The van der Waals surface area contributed by atoms with E-state index in [0.29, 0.717) is 0 Å². The first-order valence-corrected chi connectivity index (χ1v) is 2.17. The van der Waals surface area contributed by atoms with Crippen molar-refractivity contribution in [3.8, 4) is 0 Å². The number of hydrogen-bond acceptors (Lipinski definition) is 0. The van der Waals surface area contributed by atoms with Gasteiger partial charge in [0.25, 0.3) is 0 Å².